The van der Waals surface area contributed by atoms with Crippen molar-refractivity contribution in [1.29, 1.82) is 0 Å². The van der Waals surface area contributed by atoms with Gasteiger partial charge in [0.05, 0.1) is 23.3 Å². The van der Waals surface area contributed by atoms with Crippen LogP contribution in [0.25, 0.3) is 0 Å². The lowest BCUT2D eigenvalue weighted by Gasteiger charge is -2.21. The predicted octanol–water partition coefficient (Wildman–Crippen LogP) is 2.10. The van der Waals surface area contributed by atoms with Crippen molar-refractivity contribution in [3.05, 3.63) is 16.1 Å². The average Bonchev–Trinajstić information content (AvgIpc) is 2.91. The van der Waals surface area contributed by atoms with Gasteiger partial charge in [-0.3, -0.25) is 4.79 Å². The topological polar surface area (TPSA) is 88.3 Å². The molecule has 0 bridgehead atoms. The van der Waals surface area contributed by atoms with E-state index in [4.69, 9.17) is 5.73 Å². The second-order valence-corrected chi connectivity index (χ2v) is 6.62. The number of carbonyl (C=O) groups is 2. The van der Waals surface area contributed by atoms with Crippen LogP contribution >= 0.6 is 11.3 Å². The van der Waals surface area contributed by atoms with Crippen LogP contribution in [-0.2, 0) is 11.3 Å². The fourth-order valence-corrected chi connectivity index (χ4v) is 2.76. The minimum Gasteiger partial charge on any atom is -0.330 e. The lowest BCUT2D eigenvalue weighted by Crippen LogP contribution is -2.46. The van der Waals surface area contributed by atoms with Gasteiger partial charge in [0, 0.05) is 18.3 Å². The van der Waals surface area contributed by atoms with Crippen LogP contribution in [0.3, 0.4) is 0 Å². The van der Waals surface area contributed by atoms with Crippen LogP contribution in [0.4, 0.5) is 4.79 Å². The van der Waals surface area contributed by atoms with Gasteiger partial charge in [-0.15, -0.1) is 11.3 Å². The molecule has 0 aromatic carbocycles. The van der Waals surface area contributed by atoms with Gasteiger partial charge in [-0.25, -0.2) is 9.78 Å². The molecule has 0 fully saturated rings. The number of nitrogens with two attached hydrogens (primary N) is 1. The van der Waals surface area contributed by atoms with E-state index in [-0.39, 0.29) is 11.8 Å². The Balaban J connectivity index is 2.57. The molecular weight excluding hydrogens is 300 g/mol. The number of nitrogens with one attached hydrogen (secondary N) is 1. The van der Waals surface area contributed by atoms with Crippen LogP contribution in [0.1, 0.15) is 50.2 Å². The Kier molecular flexibility index (Phi) is 7.47. The lowest BCUT2D eigenvalue weighted by molar-refractivity contribution is -0.118. The largest absolute Gasteiger partial charge is 0.330 e. The molecule has 0 saturated heterocycles. The number of rotatable bonds is 8. The van der Waals surface area contributed by atoms with Gasteiger partial charge in [0.15, 0.2) is 5.78 Å². The summed E-state index contributed by atoms with van der Waals surface area (Å²) in [5.41, 5.74) is 6.32. The Hall–Kier alpha value is -1.47. The van der Waals surface area contributed by atoms with E-state index in [1.165, 1.54) is 11.8 Å². The maximum atomic E-state index is 12.2. The maximum Gasteiger partial charge on any atom is 0.318 e. The highest BCUT2D eigenvalue weighted by molar-refractivity contribution is 7.09. The van der Waals surface area contributed by atoms with Crippen LogP contribution in [0.15, 0.2) is 5.38 Å². The van der Waals surface area contributed by atoms with Crippen LogP contribution in [0.5, 0.6) is 0 Å². The van der Waals surface area contributed by atoms with Crippen molar-refractivity contribution in [2.75, 3.05) is 13.6 Å². The third kappa shape index (κ3) is 5.73. The molecule has 1 heterocycles. The first-order chi connectivity index (χ1) is 10.3. The minimum absolute atomic E-state index is 0.0500. The smallest absolute Gasteiger partial charge is 0.318 e. The second kappa shape index (κ2) is 8.85. The van der Waals surface area contributed by atoms with Crippen molar-refractivity contribution in [2.45, 2.75) is 52.1 Å². The Labute approximate surface area is 136 Å². The van der Waals surface area contributed by atoms with Crippen LogP contribution in [0, 0.1) is 0 Å². The molecule has 1 unspecified atom stereocenters. The summed E-state index contributed by atoms with van der Waals surface area (Å²) in [6.45, 7) is 6.60. The van der Waals surface area contributed by atoms with E-state index in [1.807, 2.05) is 5.38 Å². The first-order valence-electron chi connectivity index (χ1n) is 7.51. The summed E-state index contributed by atoms with van der Waals surface area (Å²) in [7, 11) is 1.70. The molecule has 0 aliphatic rings. The number of amides is 2. The highest BCUT2D eigenvalue weighted by Crippen LogP contribution is 2.19. The molecule has 0 spiro atoms. The summed E-state index contributed by atoms with van der Waals surface area (Å²) in [6.07, 6.45) is 1.28. The van der Waals surface area contributed by atoms with Crippen molar-refractivity contribution in [3.8, 4) is 0 Å². The number of thiazole rings is 1. The monoisotopic (exact) mass is 326 g/mol. The lowest BCUT2D eigenvalue weighted by atomic mass is 10.1. The zero-order valence-electron chi connectivity index (χ0n) is 13.8. The Morgan fingerprint density at radius 2 is 2.14 bits per heavy atom. The molecule has 1 aromatic heterocycles. The van der Waals surface area contributed by atoms with Gasteiger partial charge in [-0.2, -0.15) is 0 Å². The zero-order valence-corrected chi connectivity index (χ0v) is 14.6. The molecule has 0 saturated carbocycles. The summed E-state index contributed by atoms with van der Waals surface area (Å²) in [5, 5.41) is 5.79. The number of hydrogen-bond donors (Lipinski definition) is 2. The average molecular weight is 326 g/mol. The molecule has 1 atom stereocenters. The van der Waals surface area contributed by atoms with Crippen molar-refractivity contribution in [1.82, 2.24) is 15.2 Å². The number of hydrogen-bond acceptors (Lipinski definition) is 5. The van der Waals surface area contributed by atoms with Crippen molar-refractivity contribution < 1.29 is 9.59 Å². The van der Waals surface area contributed by atoms with E-state index in [1.54, 1.807) is 18.4 Å². The number of carbonyl (C=O) groups excluding carboxylic acids is 2. The van der Waals surface area contributed by atoms with E-state index in [9.17, 15) is 9.59 Å². The number of ketones is 1. The zero-order chi connectivity index (χ0) is 16.7. The second-order valence-electron chi connectivity index (χ2n) is 5.73. The molecule has 3 N–H and O–H groups in total. The Morgan fingerprint density at radius 3 is 2.64 bits per heavy atom. The van der Waals surface area contributed by atoms with Gasteiger partial charge in [0.1, 0.15) is 0 Å². The van der Waals surface area contributed by atoms with Gasteiger partial charge < -0.3 is 16.0 Å². The molecule has 2 amide bonds. The highest BCUT2D eigenvalue weighted by atomic mass is 32.1. The summed E-state index contributed by atoms with van der Waals surface area (Å²) >= 11 is 1.60. The third-order valence-corrected chi connectivity index (χ3v) is 4.49. The normalized spacial score (nSPS) is 12.3. The molecule has 124 valence electrons. The van der Waals surface area contributed by atoms with Crippen LogP contribution < -0.4 is 11.1 Å². The third-order valence-electron chi connectivity index (χ3n) is 3.29. The molecule has 7 heteroatoms. The molecular formula is C15H26N4O2S. The van der Waals surface area contributed by atoms with Gasteiger partial charge in [-0.1, -0.05) is 13.8 Å². The SMILES string of the molecule is CC(=O)C(CCCN)NC(=O)N(C)Cc1csc(C(C)C)n1. The molecule has 1 aromatic rings. The van der Waals surface area contributed by atoms with Gasteiger partial charge in [0.2, 0.25) is 0 Å². The summed E-state index contributed by atoms with van der Waals surface area (Å²) in [4.78, 5) is 29.8. The van der Waals surface area contributed by atoms with E-state index in [0.717, 1.165) is 10.7 Å². The Bertz CT molecular complexity index is 501. The fourth-order valence-electron chi connectivity index (χ4n) is 1.93. The standard InChI is InChI=1S/C15H26N4O2S/c1-10(2)14-17-12(9-22-14)8-19(4)15(21)18-13(11(3)20)6-5-7-16/h9-10,13H,5-8,16H2,1-4H3,(H,18,21). The van der Waals surface area contributed by atoms with Crippen molar-refractivity contribution >= 4 is 23.2 Å². The summed E-state index contributed by atoms with van der Waals surface area (Å²) in [6, 6.07) is -0.739. The first kappa shape index (κ1) is 18.6. The van der Waals surface area contributed by atoms with Crippen LogP contribution in [0.2, 0.25) is 0 Å². The fraction of sp³-hybridized carbons (Fsp3) is 0.667. The molecule has 0 aliphatic heterocycles. The van der Waals surface area contributed by atoms with E-state index >= 15 is 0 Å². The van der Waals surface area contributed by atoms with Crippen molar-refractivity contribution in [2.24, 2.45) is 5.73 Å². The Morgan fingerprint density at radius 1 is 1.45 bits per heavy atom. The molecule has 22 heavy (non-hydrogen) atoms. The number of urea groups is 1. The number of aromatic nitrogens is 1. The van der Waals surface area contributed by atoms with Gasteiger partial charge >= 0.3 is 6.03 Å². The molecule has 0 aliphatic carbocycles. The maximum absolute atomic E-state index is 12.2. The van der Waals surface area contributed by atoms with Crippen molar-refractivity contribution in [3.63, 3.8) is 0 Å². The van der Waals surface area contributed by atoms with Crippen LogP contribution in [-0.4, -0.2) is 41.3 Å². The van der Waals surface area contributed by atoms with E-state index < -0.39 is 6.04 Å². The molecule has 6 nitrogen and oxygen atoms in total. The molecule has 1 rings (SSSR count). The van der Waals surface area contributed by atoms with Gasteiger partial charge in [0.25, 0.3) is 0 Å². The first-order valence-corrected chi connectivity index (χ1v) is 8.39. The predicted molar refractivity (Wildman–Crippen MR) is 89.0 cm³/mol. The van der Waals surface area contributed by atoms with E-state index in [2.05, 4.69) is 24.1 Å². The van der Waals surface area contributed by atoms with Gasteiger partial charge in [-0.05, 0) is 26.3 Å². The number of Topliss-reactive ketones (excluding diaryl/α,β-unsaturated/α-hetero) is 1. The quantitative estimate of drug-likeness (QED) is 0.766. The minimum atomic E-state index is -0.472. The highest BCUT2D eigenvalue weighted by Gasteiger charge is 2.19. The van der Waals surface area contributed by atoms with E-state index in [0.29, 0.717) is 31.8 Å². The summed E-state index contributed by atoms with van der Waals surface area (Å²) < 4.78 is 0. The number of nitrogens with zero attached hydrogens (tertiary/aromatic N) is 2. The molecule has 0 radical (unpaired) electrons. The summed E-state index contributed by atoms with van der Waals surface area (Å²) in [5.74, 6) is 0.335.